The van der Waals surface area contributed by atoms with Crippen molar-refractivity contribution in [2.75, 3.05) is 6.54 Å². The summed E-state index contributed by atoms with van der Waals surface area (Å²) in [4.78, 5) is 11.8. The maximum absolute atomic E-state index is 11.8. The number of nitrogens with one attached hydrogen (secondary N) is 1. The van der Waals surface area contributed by atoms with Crippen LogP contribution in [0.1, 0.15) is 60.3 Å². The van der Waals surface area contributed by atoms with E-state index in [1.54, 1.807) is 0 Å². The number of hydrogen-bond acceptors (Lipinski definition) is 3. The van der Waals surface area contributed by atoms with E-state index in [4.69, 9.17) is 4.74 Å². The van der Waals surface area contributed by atoms with E-state index in [-0.39, 0.29) is 12.1 Å². The van der Waals surface area contributed by atoms with E-state index in [1.807, 2.05) is 0 Å². The minimum atomic E-state index is -0.106. The molecule has 1 fully saturated rings. The summed E-state index contributed by atoms with van der Waals surface area (Å²) < 4.78 is 5.59. The summed E-state index contributed by atoms with van der Waals surface area (Å²) >= 11 is 0. The van der Waals surface area contributed by atoms with Gasteiger partial charge in [0.2, 0.25) is 0 Å². The van der Waals surface area contributed by atoms with Crippen LogP contribution in [0.15, 0.2) is 0 Å². The van der Waals surface area contributed by atoms with Crippen molar-refractivity contribution in [3.8, 4) is 0 Å². The van der Waals surface area contributed by atoms with Crippen molar-refractivity contribution in [2.45, 2.75) is 72.4 Å². The Bertz CT molecular complexity index is 276. The Balaban J connectivity index is 2.35. The Morgan fingerprint density at radius 2 is 2.11 bits per heavy atom. The second-order valence-corrected chi connectivity index (χ2v) is 6.72. The molecule has 1 N–H and O–H groups in total. The molecule has 3 heteroatoms. The molecule has 0 aromatic rings. The molecule has 0 radical (unpaired) electrons. The maximum atomic E-state index is 11.8. The molecule has 1 saturated carbocycles. The lowest BCUT2D eigenvalue weighted by molar-refractivity contribution is -0.152. The predicted molar refractivity (Wildman–Crippen MR) is 74.4 cm³/mol. The Morgan fingerprint density at radius 3 is 2.67 bits per heavy atom. The van der Waals surface area contributed by atoms with Gasteiger partial charge in [-0.1, -0.05) is 27.7 Å². The Hall–Kier alpha value is -0.570. The van der Waals surface area contributed by atoms with Crippen molar-refractivity contribution in [1.29, 1.82) is 0 Å². The van der Waals surface area contributed by atoms with Gasteiger partial charge in [0.1, 0.15) is 6.10 Å². The maximum Gasteiger partial charge on any atom is 0.320 e. The molecule has 0 spiro atoms. The summed E-state index contributed by atoms with van der Waals surface area (Å²) in [6.45, 7) is 11.3. The molecule has 3 unspecified atom stereocenters. The second-order valence-electron chi connectivity index (χ2n) is 6.72. The number of carbonyl (C=O) groups excluding carboxylic acids is 1. The first-order valence-corrected chi connectivity index (χ1v) is 7.25. The van der Waals surface area contributed by atoms with E-state index in [9.17, 15) is 4.79 Å². The van der Waals surface area contributed by atoms with E-state index < -0.39 is 0 Å². The fraction of sp³-hybridized carbons (Fsp3) is 0.933. The quantitative estimate of drug-likeness (QED) is 0.767. The molecule has 3 nitrogen and oxygen atoms in total. The van der Waals surface area contributed by atoms with Crippen LogP contribution in [0.5, 0.6) is 0 Å². The molecule has 0 aromatic heterocycles. The zero-order valence-electron chi connectivity index (χ0n) is 12.6. The smallest absolute Gasteiger partial charge is 0.320 e. The van der Waals surface area contributed by atoms with E-state index in [1.165, 1.54) is 6.42 Å². The third-order valence-corrected chi connectivity index (χ3v) is 3.85. The van der Waals surface area contributed by atoms with Crippen LogP contribution in [-0.2, 0) is 9.53 Å². The number of esters is 1. The van der Waals surface area contributed by atoms with Crippen LogP contribution < -0.4 is 5.32 Å². The molecular formula is C15H29NO2. The van der Waals surface area contributed by atoms with E-state index in [2.05, 4.69) is 39.9 Å². The van der Waals surface area contributed by atoms with Crippen molar-refractivity contribution in [1.82, 2.24) is 5.32 Å². The van der Waals surface area contributed by atoms with Crippen LogP contribution in [0.3, 0.4) is 0 Å². The van der Waals surface area contributed by atoms with Gasteiger partial charge in [-0.15, -0.1) is 0 Å². The summed E-state index contributed by atoms with van der Waals surface area (Å²) in [6, 6.07) is 0.374. The molecule has 1 rings (SSSR count). The first kappa shape index (κ1) is 15.5. The van der Waals surface area contributed by atoms with E-state index >= 15 is 0 Å². The first-order valence-electron chi connectivity index (χ1n) is 7.25. The highest BCUT2D eigenvalue weighted by molar-refractivity contribution is 5.71. The zero-order valence-corrected chi connectivity index (χ0v) is 12.6. The van der Waals surface area contributed by atoms with Gasteiger partial charge in [-0.3, -0.25) is 4.79 Å². The van der Waals surface area contributed by atoms with Crippen molar-refractivity contribution in [3.63, 3.8) is 0 Å². The van der Waals surface area contributed by atoms with Gasteiger partial charge in [0.15, 0.2) is 0 Å². The molecule has 1 aliphatic rings. The molecule has 0 amide bonds. The molecule has 106 valence electrons. The molecule has 1 aliphatic carbocycles. The van der Waals surface area contributed by atoms with Gasteiger partial charge >= 0.3 is 5.97 Å². The number of rotatable bonds is 5. The van der Waals surface area contributed by atoms with Gasteiger partial charge < -0.3 is 10.1 Å². The summed E-state index contributed by atoms with van der Waals surface area (Å²) in [5.74, 6) is 0.541. The topological polar surface area (TPSA) is 38.3 Å². The third-order valence-electron chi connectivity index (χ3n) is 3.85. The normalized spacial score (nSPS) is 28.7. The van der Waals surface area contributed by atoms with Gasteiger partial charge in [-0.05, 0) is 43.9 Å². The molecule has 3 atom stereocenters. The average Bonchev–Trinajstić information content (AvgIpc) is 2.22. The highest BCUT2D eigenvalue weighted by atomic mass is 16.5. The second kappa shape index (κ2) is 6.55. The van der Waals surface area contributed by atoms with Crippen molar-refractivity contribution in [3.05, 3.63) is 0 Å². The summed E-state index contributed by atoms with van der Waals surface area (Å²) in [5.41, 5.74) is 0.298. The average molecular weight is 255 g/mol. The van der Waals surface area contributed by atoms with Gasteiger partial charge in [-0.25, -0.2) is 0 Å². The van der Waals surface area contributed by atoms with Crippen molar-refractivity contribution >= 4 is 5.97 Å². The van der Waals surface area contributed by atoms with Crippen LogP contribution in [0.25, 0.3) is 0 Å². The molecule has 0 heterocycles. The van der Waals surface area contributed by atoms with Gasteiger partial charge in [-0.2, -0.15) is 0 Å². The lowest BCUT2D eigenvalue weighted by atomic mass is 9.71. The van der Waals surface area contributed by atoms with E-state index in [0.29, 0.717) is 23.9 Å². The summed E-state index contributed by atoms with van der Waals surface area (Å²) in [7, 11) is 0. The van der Waals surface area contributed by atoms with Crippen LogP contribution in [0, 0.1) is 11.3 Å². The van der Waals surface area contributed by atoms with Crippen LogP contribution in [0.4, 0.5) is 0 Å². The largest absolute Gasteiger partial charge is 0.461 e. The van der Waals surface area contributed by atoms with Crippen molar-refractivity contribution < 1.29 is 9.53 Å². The Morgan fingerprint density at radius 1 is 1.44 bits per heavy atom. The lowest BCUT2D eigenvalue weighted by Gasteiger charge is -2.38. The summed E-state index contributed by atoms with van der Waals surface area (Å²) in [5, 5.41) is 3.18. The molecule has 0 aromatic carbocycles. The predicted octanol–water partition coefficient (Wildman–Crippen LogP) is 3.13. The monoisotopic (exact) mass is 255 g/mol. The third kappa shape index (κ3) is 5.38. The van der Waals surface area contributed by atoms with E-state index in [0.717, 1.165) is 19.3 Å². The molecular weight excluding hydrogens is 226 g/mol. The lowest BCUT2D eigenvalue weighted by Crippen LogP contribution is -2.37. The number of ether oxygens (including phenoxy) is 1. The Labute approximate surface area is 112 Å². The van der Waals surface area contributed by atoms with Gasteiger partial charge in [0.25, 0.3) is 0 Å². The summed E-state index contributed by atoms with van der Waals surface area (Å²) in [6.07, 6.45) is 4.37. The Kier molecular flexibility index (Phi) is 5.64. The highest BCUT2D eigenvalue weighted by Crippen LogP contribution is 2.39. The standard InChI is InChI=1S/C15H29NO2/c1-6-12(3)16-10-14(17)18-13-7-11(2)8-15(4,5)9-13/h11-13,16H,6-10H2,1-5H3. The van der Waals surface area contributed by atoms with Crippen LogP contribution in [0.2, 0.25) is 0 Å². The number of carbonyl (C=O) groups is 1. The van der Waals surface area contributed by atoms with Crippen LogP contribution >= 0.6 is 0 Å². The minimum Gasteiger partial charge on any atom is -0.461 e. The van der Waals surface area contributed by atoms with Crippen molar-refractivity contribution in [2.24, 2.45) is 11.3 Å². The minimum absolute atomic E-state index is 0.106. The molecule has 0 bridgehead atoms. The fourth-order valence-electron chi connectivity index (χ4n) is 2.98. The van der Waals surface area contributed by atoms with Gasteiger partial charge in [0.05, 0.1) is 6.54 Å². The molecule has 0 saturated heterocycles. The van der Waals surface area contributed by atoms with Crippen LogP contribution in [-0.4, -0.2) is 24.7 Å². The highest BCUT2D eigenvalue weighted by Gasteiger charge is 2.33. The number of hydrogen-bond donors (Lipinski definition) is 1. The zero-order chi connectivity index (χ0) is 13.8. The first-order chi connectivity index (χ1) is 8.32. The fourth-order valence-corrected chi connectivity index (χ4v) is 2.98. The SMILES string of the molecule is CCC(C)NCC(=O)OC1CC(C)CC(C)(C)C1. The molecule has 18 heavy (non-hydrogen) atoms. The molecule has 0 aliphatic heterocycles. The van der Waals surface area contributed by atoms with Gasteiger partial charge in [0, 0.05) is 6.04 Å².